The van der Waals surface area contributed by atoms with Crippen LogP contribution < -0.4 is 0 Å². The molecule has 7 nitrogen and oxygen atoms in total. The van der Waals surface area contributed by atoms with E-state index in [0.29, 0.717) is 0 Å². The Balaban J connectivity index is 3.70. The van der Waals surface area contributed by atoms with Crippen LogP contribution in [0.2, 0.25) is 0 Å². The van der Waals surface area contributed by atoms with Gasteiger partial charge in [-0.1, -0.05) is 0 Å². The summed E-state index contributed by atoms with van der Waals surface area (Å²) in [5, 5.41) is 34.3. The number of ether oxygens (including phenoxy) is 1. The van der Waals surface area contributed by atoms with Crippen molar-refractivity contribution in [3.8, 4) is 0 Å². The number of Topliss-reactive ketones (excluding diaryl/α,β-unsaturated/α-hetero) is 2. The number of rotatable bonds is 8. The molecule has 0 aliphatic heterocycles. The lowest BCUT2D eigenvalue weighted by Crippen LogP contribution is -2.32. The van der Waals surface area contributed by atoms with Gasteiger partial charge >= 0.3 is 0 Å². The molecule has 0 saturated heterocycles. The fourth-order valence-corrected chi connectivity index (χ4v) is 0.648. The molecule has 0 radical (unpaired) electrons. The van der Waals surface area contributed by atoms with E-state index in [9.17, 15) is 9.59 Å². The lowest BCUT2D eigenvalue weighted by molar-refractivity contribution is -0.139. The lowest BCUT2D eigenvalue weighted by Gasteiger charge is -2.08. The molecule has 88 valence electrons. The molecule has 0 aromatic carbocycles. The molecule has 0 bridgehead atoms. The highest BCUT2D eigenvalue weighted by atomic mass is 16.5. The minimum Gasteiger partial charge on any atom is -0.393 e. The van der Waals surface area contributed by atoms with Gasteiger partial charge in [-0.3, -0.25) is 9.59 Å². The van der Waals surface area contributed by atoms with Crippen molar-refractivity contribution in [2.75, 3.05) is 26.4 Å². The number of hydrogen-bond donors (Lipinski definition) is 4. The van der Waals surface area contributed by atoms with Crippen LogP contribution in [-0.4, -0.2) is 70.6 Å². The standard InChI is InChI=1S/C8H14O7/c9-1-5(11)7(13)3-15-4-8(14)6(12)2-10/h5-6,9-12H,1-4H2. The second-order valence-corrected chi connectivity index (χ2v) is 2.82. The van der Waals surface area contributed by atoms with Gasteiger partial charge in [-0.25, -0.2) is 0 Å². The van der Waals surface area contributed by atoms with E-state index in [-0.39, 0.29) is 0 Å². The number of aliphatic hydroxyl groups is 4. The highest BCUT2D eigenvalue weighted by Crippen LogP contribution is 1.90. The zero-order valence-electron chi connectivity index (χ0n) is 8.00. The monoisotopic (exact) mass is 222 g/mol. The van der Waals surface area contributed by atoms with Crippen LogP contribution in [0, 0.1) is 0 Å². The van der Waals surface area contributed by atoms with Crippen LogP contribution >= 0.6 is 0 Å². The van der Waals surface area contributed by atoms with Gasteiger partial charge in [0.05, 0.1) is 13.2 Å². The molecular formula is C8H14O7. The van der Waals surface area contributed by atoms with E-state index in [2.05, 4.69) is 4.74 Å². The van der Waals surface area contributed by atoms with E-state index in [1.807, 2.05) is 0 Å². The molecule has 0 amide bonds. The molecule has 2 unspecified atom stereocenters. The van der Waals surface area contributed by atoms with Crippen LogP contribution in [-0.2, 0) is 14.3 Å². The third kappa shape index (κ3) is 5.55. The van der Waals surface area contributed by atoms with E-state index in [1.54, 1.807) is 0 Å². The van der Waals surface area contributed by atoms with E-state index < -0.39 is 50.2 Å². The summed E-state index contributed by atoms with van der Waals surface area (Å²) in [6.07, 6.45) is -3.05. The molecule has 0 aliphatic carbocycles. The van der Waals surface area contributed by atoms with Crippen LogP contribution in [0.4, 0.5) is 0 Å². The van der Waals surface area contributed by atoms with Gasteiger partial charge in [0.2, 0.25) is 0 Å². The first-order valence-electron chi connectivity index (χ1n) is 4.24. The summed E-state index contributed by atoms with van der Waals surface area (Å²) in [6.45, 7) is -2.50. The second-order valence-electron chi connectivity index (χ2n) is 2.82. The quantitative estimate of drug-likeness (QED) is 0.342. The Kier molecular flexibility index (Phi) is 7.01. The van der Waals surface area contributed by atoms with Crippen LogP contribution in [0.5, 0.6) is 0 Å². The Morgan fingerprint density at radius 3 is 1.53 bits per heavy atom. The van der Waals surface area contributed by atoms with Gasteiger partial charge in [-0.2, -0.15) is 0 Å². The molecule has 2 atom stereocenters. The minimum atomic E-state index is -1.53. The highest BCUT2D eigenvalue weighted by molar-refractivity contribution is 5.86. The van der Waals surface area contributed by atoms with Crippen molar-refractivity contribution in [3.63, 3.8) is 0 Å². The van der Waals surface area contributed by atoms with E-state index in [1.165, 1.54) is 0 Å². The van der Waals surface area contributed by atoms with Crippen molar-refractivity contribution < 1.29 is 34.8 Å². The zero-order valence-corrected chi connectivity index (χ0v) is 8.00. The molecule has 15 heavy (non-hydrogen) atoms. The first-order chi connectivity index (χ1) is 7.02. The fraction of sp³-hybridized carbons (Fsp3) is 0.750. The summed E-state index contributed by atoms with van der Waals surface area (Å²) >= 11 is 0. The smallest absolute Gasteiger partial charge is 0.189 e. The normalized spacial score (nSPS) is 14.7. The molecule has 0 aliphatic rings. The van der Waals surface area contributed by atoms with E-state index >= 15 is 0 Å². The number of carbonyl (C=O) groups is 2. The van der Waals surface area contributed by atoms with Crippen molar-refractivity contribution in [1.29, 1.82) is 0 Å². The maximum atomic E-state index is 10.8. The van der Waals surface area contributed by atoms with Crippen molar-refractivity contribution in [3.05, 3.63) is 0 Å². The van der Waals surface area contributed by atoms with Gasteiger partial charge < -0.3 is 25.2 Å². The Morgan fingerprint density at radius 2 is 1.27 bits per heavy atom. The molecule has 0 saturated carbocycles. The maximum absolute atomic E-state index is 10.8. The zero-order chi connectivity index (χ0) is 11.8. The van der Waals surface area contributed by atoms with Crippen LogP contribution in [0.25, 0.3) is 0 Å². The number of aliphatic hydroxyl groups excluding tert-OH is 4. The lowest BCUT2D eigenvalue weighted by atomic mass is 10.2. The Labute approximate surface area is 85.9 Å². The van der Waals surface area contributed by atoms with E-state index in [0.717, 1.165) is 0 Å². The van der Waals surface area contributed by atoms with Gasteiger partial charge in [0.1, 0.15) is 25.4 Å². The summed E-state index contributed by atoms with van der Waals surface area (Å²) < 4.78 is 4.56. The number of hydrogen-bond acceptors (Lipinski definition) is 7. The first kappa shape index (κ1) is 14.1. The summed E-state index contributed by atoms with van der Waals surface area (Å²) in [5.41, 5.74) is 0. The molecule has 4 N–H and O–H groups in total. The molecule has 0 heterocycles. The van der Waals surface area contributed by atoms with Crippen LogP contribution in [0.3, 0.4) is 0 Å². The van der Waals surface area contributed by atoms with Crippen molar-refractivity contribution in [2.24, 2.45) is 0 Å². The predicted molar refractivity (Wildman–Crippen MR) is 47.0 cm³/mol. The summed E-state index contributed by atoms with van der Waals surface area (Å²) in [4.78, 5) is 21.7. The van der Waals surface area contributed by atoms with Gasteiger partial charge in [-0.05, 0) is 0 Å². The van der Waals surface area contributed by atoms with Gasteiger partial charge in [-0.15, -0.1) is 0 Å². The Bertz CT molecular complexity index is 193. The fourth-order valence-electron chi connectivity index (χ4n) is 0.648. The van der Waals surface area contributed by atoms with Crippen molar-refractivity contribution >= 4 is 11.6 Å². The van der Waals surface area contributed by atoms with Gasteiger partial charge in [0.25, 0.3) is 0 Å². The van der Waals surface area contributed by atoms with Crippen LogP contribution in [0.15, 0.2) is 0 Å². The van der Waals surface area contributed by atoms with Crippen LogP contribution in [0.1, 0.15) is 0 Å². The average Bonchev–Trinajstić information content (AvgIpc) is 2.26. The topological polar surface area (TPSA) is 124 Å². The van der Waals surface area contributed by atoms with Gasteiger partial charge in [0.15, 0.2) is 11.6 Å². The first-order valence-corrected chi connectivity index (χ1v) is 4.24. The third-order valence-electron chi connectivity index (χ3n) is 1.58. The largest absolute Gasteiger partial charge is 0.393 e. The average molecular weight is 222 g/mol. The maximum Gasteiger partial charge on any atom is 0.189 e. The van der Waals surface area contributed by atoms with Gasteiger partial charge in [0, 0.05) is 0 Å². The minimum absolute atomic E-state index is 0.536. The summed E-state index contributed by atoms with van der Waals surface area (Å²) in [5.74, 6) is -1.52. The molecule has 7 heteroatoms. The SMILES string of the molecule is O=C(COCC(=O)C(O)CO)C(O)CO. The number of ketones is 2. The molecule has 0 rings (SSSR count). The molecular weight excluding hydrogens is 208 g/mol. The number of carbonyl (C=O) groups excluding carboxylic acids is 2. The van der Waals surface area contributed by atoms with Crippen molar-refractivity contribution in [1.82, 2.24) is 0 Å². The third-order valence-corrected chi connectivity index (χ3v) is 1.58. The summed E-state index contributed by atoms with van der Waals surface area (Å²) in [6, 6.07) is 0. The summed E-state index contributed by atoms with van der Waals surface area (Å²) in [7, 11) is 0. The Morgan fingerprint density at radius 1 is 0.933 bits per heavy atom. The molecule has 0 aromatic rings. The molecule has 0 spiro atoms. The Hall–Kier alpha value is -0.860. The van der Waals surface area contributed by atoms with E-state index in [4.69, 9.17) is 20.4 Å². The highest BCUT2D eigenvalue weighted by Gasteiger charge is 2.17. The van der Waals surface area contributed by atoms with Crippen molar-refractivity contribution in [2.45, 2.75) is 12.2 Å². The second kappa shape index (κ2) is 7.43. The molecule has 0 aromatic heterocycles. The molecule has 0 fully saturated rings. The predicted octanol–water partition coefficient (Wildman–Crippen LogP) is -3.15.